The molecule has 8 rings (SSSR count). The fourth-order valence-corrected chi connectivity index (χ4v) is 17.6. The van der Waals surface area contributed by atoms with E-state index in [4.69, 9.17) is 27.7 Å². The lowest BCUT2D eigenvalue weighted by Gasteiger charge is -2.36. The molecule has 21 N–H and O–H groups in total. The summed E-state index contributed by atoms with van der Waals surface area (Å²) in [6.07, 6.45) is -1.18. The third-order valence-corrected chi connectivity index (χ3v) is 25.6. The minimum Gasteiger partial charge on any atom is -0.497 e. The molecule has 0 radical (unpaired) electrons. The van der Waals surface area contributed by atoms with Crippen LogP contribution in [0.5, 0.6) is 5.75 Å². The number of primary amides is 1. The van der Waals surface area contributed by atoms with Crippen LogP contribution < -0.4 is 70.2 Å². The monoisotopic (exact) mass is 1870 g/mol. The molecule has 0 saturated carbocycles. The number of hydrogen-bond acceptors (Lipinski definition) is 24. The quantitative estimate of drug-likeness (QED) is 0.0264. The van der Waals surface area contributed by atoms with Crippen LogP contribution in [0.3, 0.4) is 0 Å². The second kappa shape index (κ2) is 51.6. The number of H-pyrrole nitrogens is 2. The number of methoxy groups -OCH3 is 1. The number of ether oxygens (including phenoxy) is 1. The summed E-state index contributed by atoms with van der Waals surface area (Å²) in [7, 11) is 5.31. The molecule has 5 aromatic rings. The SMILES string of the molecule is CCCC[C@H]1C(=O)N(C)[C@@H](CCCC)C(=O)N[C@@H](CCC(=O)O)C(=O)N[C@H](C(=O)CCC(N)=O)CSCC(=O)N[C@@H](Cc2ccc(OC)cc2)C(=O)N(C)[C@@H](C)C(=O)N[C@@H](CC(=O)O)C(=O)N2CCC[C@H]2C(=O)N[C@@H](CN)C(=O)N[C@@H](CCCCN)C(=O)N2C[C@H](O)C[C@H]2C(=O)N[C@@H](Cc2c[nH]c3ccccc23)C(=O)C[C@@H](CCN)C(=O)N[C@@H](Cc2c[nH]c3ccccc23)C(=O)N1C. The second-order valence-electron chi connectivity index (χ2n) is 34.1. The smallest absolute Gasteiger partial charge is 0.305 e. The molecule has 0 aliphatic carbocycles. The number of fused-ring (bicyclic) bond motifs is 4. The van der Waals surface area contributed by atoms with Gasteiger partial charge in [0.05, 0.1) is 37.5 Å². The van der Waals surface area contributed by atoms with E-state index in [0.29, 0.717) is 76.3 Å². The number of rotatable bonds is 29. The Hall–Kier alpha value is -12.4. The number of aromatic amines is 2. The van der Waals surface area contributed by atoms with Crippen LogP contribution in [-0.2, 0) is 106 Å². The Morgan fingerprint density at radius 2 is 1.07 bits per heavy atom. The summed E-state index contributed by atoms with van der Waals surface area (Å²) in [6.45, 7) is 3.66. The maximum atomic E-state index is 15.8. The van der Waals surface area contributed by atoms with Crippen LogP contribution in [0.25, 0.3) is 21.8 Å². The molecule has 42 heteroatoms. The van der Waals surface area contributed by atoms with Gasteiger partial charge in [0, 0.05) is 138 Å². The fraction of sp³-hybridized carbons (Fsp3) is 0.560. The van der Waals surface area contributed by atoms with Gasteiger partial charge in [-0.3, -0.25) is 86.3 Å². The zero-order valence-corrected chi connectivity index (χ0v) is 77.1. The number of thioether (sulfide) groups is 1. The first-order chi connectivity index (χ1) is 63.4. The summed E-state index contributed by atoms with van der Waals surface area (Å²) >= 11 is 0.762. The van der Waals surface area contributed by atoms with Crippen molar-refractivity contribution in [2.45, 2.75) is 247 Å². The third kappa shape index (κ3) is 29.8. The number of nitrogens with one attached hydrogen (secondary N) is 10. The van der Waals surface area contributed by atoms with Crippen molar-refractivity contribution in [2.24, 2.45) is 28.9 Å². The van der Waals surface area contributed by atoms with Gasteiger partial charge in [0.15, 0.2) is 11.6 Å². The van der Waals surface area contributed by atoms with Crippen LogP contribution in [0.15, 0.2) is 85.2 Å². The first-order valence-corrected chi connectivity index (χ1v) is 46.3. The number of benzene rings is 3. The number of amides is 14. The average Bonchev–Trinajstić information content (AvgIpc) is 1.73. The Morgan fingerprint density at radius 1 is 0.511 bits per heavy atom. The normalized spacial score (nSPS) is 25.0. The zero-order chi connectivity index (χ0) is 97.4. The number of aliphatic carboxylic acids is 2. The van der Waals surface area contributed by atoms with Gasteiger partial charge < -0.3 is 120 Å². The van der Waals surface area contributed by atoms with E-state index in [0.717, 1.165) is 31.4 Å². The Balaban J connectivity index is 1.19. The van der Waals surface area contributed by atoms with Gasteiger partial charge in [-0.25, -0.2) is 0 Å². The summed E-state index contributed by atoms with van der Waals surface area (Å²) in [5.74, 6) is -19.3. The van der Waals surface area contributed by atoms with Gasteiger partial charge in [-0.2, -0.15) is 0 Å². The molecular weight excluding hydrogens is 1740 g/mol. The van der Waals surface area contributed by atoms with E-state index >= 15 is 33.6 Å². The predicted molar refractivity (Wildman–Crippen MR) is 490 cm³/mol. The Bertz CT molecular complexity index is 4950. The number of carbonyl (C=O) groups is 18. The highest BCUT2D eigenvalue weighted by Gasteiger charge is 2.47. The molecule has 14 amide bonds. The molecule has 0 spiro atoms. The van der Waals surface area contributed by atoms with Crippen LogP contribution >= 0.6 is 11.8 Å². The first-order valence-electron chi connectivity index (χ1n) is 45.2. The minimum absolute atomic E-state index is 0.00357. The van der Waals surface area contributed by atoms with E-state index in [1.807, 2.05) is 13.8 Å². The molecule has 133 heavy (non-hydrogen) atoms. The molecule has 2 aromatic heterocycles. The molecule has 0 unspecified atom stereocenters. The van der Waals surface area contributed by atoms with E-state index in [9.17, 15) is 68.1 Å². The molecule has 3 fully saturated rings. The number of nitrogens with two attached hydrogens (primary N) is 4. The van der Waals surface area contributed by atoms with Crippen LogP contribution in [0.4, 0.5) is 0 Å². The second-order valence-corrected chi connectivity index (χ2v) is 35.1. The first kappa shape index (κ1) is 106. The largest absolute Gasteiger partial charge is 0.497 e. The molecule has 41 nitrogen and oxygen atoms in total. The van der Waals surface area contributed by atoms with Crippen LogP contribution in [0.2, 0.25) is 0 Å². The van der Waals surface area contributed by atoms with Crippen molar-refractivity contribution < 1.29 is 106 Å². The van der Waals surface area contributed by atoms with Crippen molar-refractivity contribution in [3.05, 3.63) is 102 Å². The molecule has 3 aliphatic rings. The average molecular weight is 1870 g/mol. The van der Waals surface area contributed by atoms with E-state index in [-0.39, 0.29) is 90.3 Å². The number of carboxylic acid groups (broad SMARTS) is 2. The van der Waals surface area contributed by atoms with E-state index in [1.165, 1.54) is 40.1 Å². The molecule has 726 valence electrons. The van der Waals surface area contributed by atoms with Crippen LogP contribution in [-0.4, -0.2) is 313 Å². The molecule has 3 aromatic carbocycles. The standard InChI is InChI=1S/C91H129N19O22S/c1-8-10-24-70-84(124)99-62(31-34-78(116)117)82(122)105-69(74(112)32-33-76(95)114)49-133-50-77(115)98-65(39-52-27-29-57(132-7)30-28-52)87(127)106(4)51(3)80(120)102-67(44-79(118)119)90(130)109-38-18-26-71(109)85(125)104-68(45-94)83(123)100-63(23-16-17-36-92)89(129)110-48-56(111)43-73(110)86(126)101-64(40-54-46-96-60-21-14-12-19-58(54)60)75(113)42-53(35-37-93)81(121)103-66(41-55-47-97-61-22-15-13-20-59(55)61)88(128)108(6)72(25-11-9-2)91(131)107(70)5/h12-15,19-22,27-30,46-47,51,53,56,62-73,96-97,111H,8-11,16-18,23-26,31-45,48-50,92-94H2,1-7H3,(H2,95,114)(H,98,115)(H,99,124)(H,100,123)(H,101,126)(H,102,120)(H,103,121)(H,104,125)(H,105,122)(H,116,117)(H,118,119)/t51-,53+,56+,62-,63-,64-,65-,66-,67-,68-,69-,70-,71-,72-,73-/m0/s1. The number of carboxylic acids is 2. The number of aliphatic hydroxyl groups excluding tert-OH is 1. The Morgan fingerprint density at radius 3 is 1.67 bits per heavy atom. The van der Waals surface area contributed by atoms with Gasteiger partial charge in [-0.05, 0) is 119 Å². The fourth-order valence-electron chi connectivity index (χ4n) is 16.7. The summed E-state index contributed by atoms with van der Waals surface area (Å²) in [6, 6.07) is 0.481. The van der Waals surface area contributed by atoms with Crippen molar-refractivity contribution in [1.82, 2.24) is 77.0 Å². The number of carbonyl (C=O) groups excluding carboxylic acids is 16. The maximum Gasteiger partial charge on any atom is 0.305 e. The van der Waals surface area contributed by atoms with Gasteiger partial charge in [0.1, 0.15) is 72.2 Å². The topological polar surface area (TPSA) is 625 Å². The number of para-hydroxylation sites is 2. The van der Waals surface area contributed by atoms with Crippen molar-refractivity contribution >= 4 is 140 Å². The highest BCUT2D eigenvalue weighted by atomic mass is 32.2. The Kier molecular flexibility index (Phi) is 41.1. The third-order valence-electron chi connectivity index (χ3n) is 24.5. The van der Waals surface area contributed by atoms with E-state index in [2.05, 4.69) is 52.5 Å². The highest BCUT2D eigenvalue weighted by molar-refractivity contribution is 8.00. The lowest BCUT2D eigenvalue weighted by atomic mass is 9.91. The summed E-state index contributed by atoms with van der Waals surface area (Å²) in [5, 5.41) is 54.3. The van der Waals surface area contributed by atoms with Crippen molar-refractivity contribution in [3.8, 4) is 5.75 Å². The van der Waals surface area contributed by atoms with Crippen molar-refractivity contribution in [3.63, 3.8) is 0 Å². The number of nitrogens with zero attached hydrogens (tertiary/aromatic N) is 5. The zero-order valence-electron chi connectivity index (χ0n) is 76.3. The number of likely N-dealkylation sites (N-methyl/N-ethyl adjacent to an activating group) is 3. The summed E-state index contributed by atoms with van der Waals surface area (Å²) in [5.41, 5.74) is 26.8. The predicted octanol–water partition coefficient (Wildman–Crippen LogP) is -0.669. The van der Waals surface area contributed by atoms with Gasteiger partial charge in [0.25, 0.3) is 0 Å². The lowest BCUT2D eigenvalue weighted by molar-refractivity contribution is -0.149. The van der Waals surface area contributed by atoms with Gasteiger partial charge in [-0.1, -0.05) is 88.1 Å². The number of ketones is 2. The Labute approximate surface area is 775 Å². The molecule has 0 bridgehead atoms. The molecule has 5 heterocycles. The van der Waals surface area contributed by atoms with Crippen LogP contribution in [0, 0.1) is 5.92 Å². The van der Waals surface area contributed by atoms with Gasteiger partial charge in [0.2, 0.25) is 82.7 Å². The van der Waals surface area contributed by atoms with E-state index < -0.39 is 260 Å². The number of unbranched alkanes of at least 4 members (excludes halogenated alkanes) is 3. The highest BCUT2D eigenvalue weighted by Crippen LogP contribution is 2.29. The molecule has 3 saturated heterocycles. The summed E-state index contributed by atoms with van der Waals surface area (Å²) in [4.78, 5) is 273. The van der Waals surface area contributed by atoms with E-state index in [1.54, 1.807) is 85.2 Å². The number of hydrogen-bond donors (Lipinski definition) is 17. The minimum atomic E-state index is -1.89. The number of aliphatic hydroxyl groups is 1. The van der Waals surface area contributed by atoms with Crippen molar-refractivity contribution in [1.29, 1.82) is 0 Å². The number of aromatic nitrogens is 2. The maximum absolute atomic E-state index is 15.8. The van der Waals surface area contributed by atoms with Crippen LogP contribution in [0.1, 0.15) is 159 Å². The molecular formula is C91H129N19O22S. The molecule has 15 atom stereocenters. The van der Waals surface area contributed by atoms with Gasteiger partial charge >= 0.3 is 11.9 Å². The lowest BCUT2D eigenvalue weighted by Crippen LogP contribution is -2.61. The van der Waals surface area contributed by atoms with Crippen molar-refractivity contribution in [2.75, 3.05) is 72.5 Å². The molecule has 3 aliphatic heterocycles. The summed E-state index contributed by atoms with van der Waals surface area (Å²) < 4.78 is 5.32. The van der Waals surface area contributed by atoms with Gasteiger partial charge in [-0.15, -0.1) is 11.8 Å². The number of Topliss-reactive ketones (excluding diaryl/α,β-unsaturated/α-hetero) is 2.